The normalized spacial score (nSPS) is 11.8. The van der Waals surface area contributed by atoms with Crippen LogP contribution in [-0.4, -0.2) is 34.9 Å². The molecule has 0 unspecified atom stereocenters. The molecule has 0 aliphatic carbocycles. The van der Waals surface area contributed by atoms with E-state index in [0.29, 0.717) is 5.69 Å². The molecule has 0 saturated carbocycles. The van der Waals surface area contributed by atoms with Gasteiger partial charge in [0.15, 0.2) is 11.9 Å². The average molecular weight is 407 g/mol. The Balaban J connectivity index is 1.73. The number of hydrogen-bond donors (Lipinski definition) is 1. The number of methoxy groups -OCH3 is 1. The smallest absolute Gasteiger partial charge is 0.363 e. The van der Waals surface area contributed by atoms with Crippen molar-refractivity contribution in [1.82, 2.24) is 9.78 Å². The number of carbonyl (C=O) groups is 2. The minimum atomic E-state index is -1.01. The van der Waals surface area contributed by atoms with Crippen LogP contribution in [0.15, 0.2) is 60.8 Å². The highest BCUT2D eigenvalue weighted by Crippen LogP contribution is 2.24. The van der Waals surface area contributed by atoms with Crippen LogP contribution in [0, 0.1) is 0 Å². The number of hydrogen-bond acceptors (Lipinski definition) is 5. The van der Waals surface area contributed by atoms with Crippen molar-refractivity contribution in [3.63, 3.8) is 0 Å². The summed E-state index contributed by atoms with van der Waals surface area (Å²) in [5.41, 5.74) is 2.48. The van der Waals surface area contributed by atoms with Gasteiger partial charge < -0.3 is 14.8 Å². The van der Waals surface area contributed by atoms with Crippen molar-refractivity contribution in [2.24, 2.45) is 0 Å². The lowest BCUT2D eigenvalue weighted by atomic mass is 10.0. The Morgan fingerprint density at radius 1 is 1.00 bits per heavy atom. The number of aromatic nitrogens is 2. The van der Waals surface area contributed by atoms with Crippen molar-refractivity contribution >= 4 is 17.6 Å². The lowest BCUT2D eigenvalue weighted by Gasteiger charge is -2.16. The van der Waals surface area contributed by atoms with Crippen LogP contribution >= 0.6 is 0 Å². The summed E-state index contributed by atoms with van der Waals surface area (Å²) in [6.07, 6.45) is 0.583. The summed E-state index contributed by atoms with van der Waals surface area (Å²) in [4.78, 5) is 25.2. The number of para-hydroxylation sites is 2. The molecule has 0 bridgehead atoms. The fourth-order valence-corrected chi connectivity index (χ4v) is 2.98. The van der Waals surface area contributed by atoms with Gasteiger partial charge in [-0.2, -0.15) is 5.10 Å². The number of rotatable bonds is 7. The van der Waals surface area contributed by atoms with Gasteiger partial charge in [0.05, 0.1) is 19.0 Å². The maximum absolute atomic E-state index is 12.7. The molecule has 0 saturated heterocycles. The van der Waals surface area contributed by atoms with E-state index in [4.69, 9.17) is 9.47 Å². The molecule has 0 aliphatic heterocycles. The Labute approximate surface area is 175 Å². The Morgan fingerprint density at radius 3 is 2.33 bits per heavy atom. The largest absolute Gasteiger partial charge is 0.493 e. The van der Waals surface area contributed by atoms with Crippen molar-refractivity contribution in [3.8, 4) is 11.4 Å². The molecule has 1 amide bonds. The number of nitrogens with zero attached hydrogens (tertiary/aromatic N) is 2. The van der Waals surface area contributed by atoms with E-state index >= 15 is 0 Å². The second kappa shape index (κ2) is 9.26. The SMILES string of the molecule is COc1cn(-c2ccccc2)nc1C(=O)O[C@H](C)C(=O)Nc1ccccc1C(C)C. The Kier molecular flexibility index (Phi) is 6.51. The molecule has 1 heterocycles. The summed E-state index contributed by atoms with van der Waals surface area (Å²) in [5, 5.41) is 7.11. The fourth-order valence-electron chi connectivity index (χ4n) is 2.98. The van der Waals surface area contributed by atoms with E-state index in [0.717, 1.165) is 11.3 Å². The van der Waals surface area contributed by atoms with Gasteiger partial charge in [-0.05, 0) is 36.6 Å². The number of ether oxygens (including phenoxy) is 2. The van der Waals surface area contributed by atoms with Gasteiger partial charge in [-0.15, -0.1) is 0 Å². The molecule has 1 aromatic heterocycles. The maximum Gasteiger partial charge on any atom is 0.363 e. The Bertz CT molecular complexity index is 1030. The van der Waals surface area contributed by atoms with Crippen molar-refractivity contribution in [2.45, 2.75) is 32.8 Å². The van der Waals surface area contributed by atoms with Crippen molar-refractivity contribution in [3.05, 3.63) is 72.1 Å². The summed E-state index contributed by atoms with van der Waals surface area (Å²) in [5.74, 6) is -0.647. The number of carbonyl (C=O) groups excluding carboxylic acids is 2. The van der Waals surface area contributed by atoms with Crippen molar-refractivity contribution < 1.29 is 19.1 Å². The summed E-state index contributed by atoms with van der Waals surface area (Å²) in [6.45, 7) is 5.61. The lowest BCUT2D eigenvalue weighted by Crippen LogP contribution is -2.30. The van der Waals surface area contributed by atoms with Crippen molar-refractivity contribution in [1.29, 1.82) is 0 Å². The third-order valence-electron chi connectivity index (χ3n) is 4.61. The number of benzene rings is 2. The zero-order valence-corrected chi connectivity index (χ0v) is 17.5. The molecular formula is C23H25N3O4. The first-order valence-electron chi connectivity index (χ1n) is 9.70. The van der Waals surface area contributed by atoms with Crippen LogP contribution < -0.4 is 10.1 Å². The van der Waals surface area contributed by atoms with Crippen LogP contribution in [-0.2, 0) is 9.53 Å². The molecule has 1 atom stereocenters. The molecule has 156 valence electrons. The molecule has 7 heteroatoms. The van der Waals surface area contributed by atoms with Gasteiger partial charge in [0, 0.05) is 5.69 Å². The summed E-state index contributed by atoms with van der Waals surface area (Å²) in [7, 11) is 1.45. The third kappa shape index (κ3) is 4.68. The topological polar surface area (TPSA) is 82.5 Å². The first kappa shape index (κ1) is 21.1. The highest BCUT2D eigenvalue weighted by Gasteiger charge is 2.25. The first-order valence-corrected chi connectivity index (χ1v) is 9.70. The van der Waals surface area contributed by atoms with Crippen LogP contribution in [0.2, 0.25) is 0 Å². The van der Waals surface area contributed by atoms with Crippen molar-refractivity contribution in [2.75, 3.05) is 12.4 Å². The second-order valence-corrected chi connectivity index (χ2v) is 7.10. The van der Waals surface area contributed by atoms with Gasteiger partial charge in [-0.3, -0.25) is 4.79 Å². The number of anilines is 1. The van der Waals surface area contributed by atoms with E-state index < -0.39 is 18.0 Å². The minimum absolute atomic E-state index is 0.00332. The molecule has 7 nitrogen and oxygen atoms in total. The molecule has 2 aromatic carbocycles. The quantitative estimate of drug-likeness (QED) is 0.594. The lowest BCUT2D eigenvalue weighted by molar-refractivity contribution is -0.123. The molecule has 0 spiro atoms. The van der Waals surface area contributed by atoms with Gasteiger partial charge >= 0.3 is 5.97 Å². The first-order chi connectivity index (χ1) is 14.4. The number of amides is 1. The fraction of sp³-hybridized carbons (Fsp3) is 0.261. The zero-order valence-electron chi connectivity index (χ0n) is 17.5. The van der Waals surface area contributed by atoms with E-state index in [1.54, 1.807) is 6.20 Å². The molecule has 0 aliphatic rings. The molecular weight excluding hydrogens is 382 g/mol. The summed E-state index contributed by atoms with van der Waals surface area (Å²) in [6, 6.07) is 16.9. The van der Waals surface area contributed by atoms with Gasteiger partial charge in [0.25, 0.3) is 5.91 Å². The molecule has 1 N–H and O–H groups in total. The van der Waals surface area contributed by atoms with E-state index in [-0.39, 0.29) is 17.4 Å². The third-order valence-corrected chi connectivity index (χ3v) is 4.61. The Morgan fingerprint density at radius 2 is 1.67 bits per heavy atom. The van der Waals surface area contributed by atoms with E-state index in [9.17, 15) is 9.59 Å². The van der Waals surface area contributed by atoms with Gasteiger partial charge in [0.2, 0.25) is 5.69 Å². The van der Waals surface area contributed by atoms with Crippen LogP contribution in [0.1, 0.15) is 42.7 Å². The van der Waals surface area contributed by atoms with Gasteiger partial charge in [0.1, 0.15) is 0 Å². The van der Waals surface area contributed by atoms with Gasteiger partial charge in [-0.25, -0.2) is 9.48 Å². The number of nitrogens with one attached hydrogen (secondary N) is 1. The Hall–Kier alpha value is -3.61. The van der Waals surface area contributed by atoms with Gasteiger partial charge in [-0.1, -0.05) is 50.2 Å². The molecule has 3 aromatic rings. The minimum Gasteiger partial charge on any atom is -0.493 e. The zero-order chi connectivity index (χ0) is 21.7. The highest BCUT2D eigenvalue weighted by atomic mass is 16.6. The number of esters is 1. The summed E-state index contributed by atoms with van der Waals surface area (Å²) >= 11 is 0. The van der Waals surface area contributed by atoms with Crippen LogP contribution in [0.5, 0.6) is 5.75 Å². The highest BCUT2D eigenvalue weighted by molar-refractivity contribution is 5.98. The standard InChI is InChI=1S/C23H25N3O4/c1-15(2)18-12-8-9-13-19(18)24-22(27)16(3)30-23(28)21-20(29-4)14-26(25-21)17-10-6-5-7-11-17/h5-16H,1-4H3,(H,24,27)/t16-/m1/s1. The van der Waals surface area contributed by atoms with E-state index in [1.807, 2.05) is 68.4 Å². The van der Waals surface area contributed by atoms with E-state index in [1.165, 1.54) is 18.7 Å². The molecule has 3 rings (SSSR count). The maximum atomic E-state index is 12.7. The molecule has 0 radical (unpaired) electrons. The molecule has 30 heavy (non-hydrogen) atoms. The predicted octanol–water partition coefficient (Wildman–Crippen LogP) is 4.19. The molecule has 0 fully saturated rings. The van der Waals surface area contributed by atoms with Crippen LogP contribution in [0.25, 0.3) is 5.69 Å². The van der Waals surface area contributed by atoms with E-state index in [2.05, 4.69) is 10.4 Å². The predicted molar refractivity (Wildman–Crippen MR) is 114 cm³/mol. The summed E-state index contributed by atoms with van der Waals surface area (Å²) < 4.78 is 12.1. The van der Waals surface area contributed by atoms with Crippen LogP contribution in [0.3, 0.4) is 0 Å². The average Bonchev–Trinajstić information content (AvgIpc) is 3.19. The van der Waals surface area contributed by atoms with Crippen LogP contribution in [0.4, 0.5) is 5.69 Å². The second-order valence-electron chi connectivity index (χ2n) is 7.10. The monoisotopic (exact) mass is 407 g/mol.